The molecule has 19 heavy (non-hydrogen) atoms. The van der Waals surface area contributed by atoms with E-state index in [4.69, 9.17) is 11.6 Å². The number of halogens is 1. The van der Waals surface area contributed by atoms with Crippen LogP contribution >= 0.6 is 11.6 Å². The molecule has 1 aromatic rings. The van der Waals surface area contributed by atoms with Crippen molar-refractivity contribution in [1.82, 2.24) is 4.90 Å². The molecule has 2 nitrogen and oxygen atoms in total. The number of hydrogen-bond donors (Lipinski definition) is 0. The average molecular weight is 278 g/mol. The molecule has 1 aliphatic heterocycles. The van der Waals surface area contributed by atoms with Gasteiger partial charge in [-0.3, -0.25) is 4.79 Å². The van der Waals surface area contributed by atoms with E-state index in [0.717, 1.165) is 44.7 Å². The van der Waals surface area contributed by atoms with Crippen LogP contribution in [-0.2, 0) is 10.2 Å². The van der Waals surface area contributed by atoms with E-state index in [-0.39, 0.29) is 5.41 Å². The van der Waals surface area contributed by atoms with Crippen LogP contribution in [0.4, 0.5) is 0 Å². The van der Waals surface area contributed by atoms with Crippen molar-refractivity contribution in [1.29, 1.82) is 0 Å². The van der Waals surface area contributed by atoms with Crippen molar-refractivity contribution >= 4 is 17.5 Å². The standard InChI is InChI=1S/C16H20ClNO/c17-12-13-6-10-18(11-7-13)15(19)16(8-9-16)14-4-2-1-3-5-14/h1-5,13H,6-12H2. The van der Waals surface area contributed by atoms with E-state index < -0.39 is 0 Å². The Balaban J connectivity index is 1.71. The second kappa shape index (κ2) is 5.16. The second-order valence-corrected chi connectivity index (χ2v) is 6.15. The number of amides is 1. The number of benzene rings is 1. The Morgan fingerprint density at radius 2 is 1.84 bits per heavy atom. The Morgan fingerprint density at radius 3 is 2.37 bits per heavy atom. The third-order valence-electron chi connectivity index (χ3n) is 4.61. The smallest absolute Gasteiger partial charge is 0.233 e. The van der Waals surface area contributed by atoms with E-state index in [9.17, 15) is 4.79 Å². The highest BCUT2D eigenvalue weighted by Gasteiger charge is 2.53. The molecular formula is C16H20ClNO. The van der Waals surface area contributed by atoms with Crippen LogP contribution in [0.3, 0.4) is 0 Å². The molecule has 0 atom stereocenters. The molecule has 102 valence electrons. The molecule has 3 rings (SSSR count). The van der Waals surface area contributed by atoms with Gasteiger partial charge in [-0.25, -0.2) is 0 Å². The largest absolute Gasteiger partial charge is 0.342 e. The van der Waals surface area contributed by atoms with Crippen LogP contribution in [0.1, 0.15) is 31.2 Å². The Labute approximate surface area is 119 Å². The summed E-state index contributed by atoms with van der Waals surface area (Å²) in [5.74, 6) is 1.66. The molecule has 0 radical (unpaired) electrons. The van der Waals surface area contributed by atoms with Gasteiger partial charge in [-0.1, -0.05) is 30.3 Å². The van der Waals surface area contributed by atoms with Gasteiger partial charge in [0.25, 0.3) is 0 Å². The minimum Gasteiger partial charge on any atom is -0.342 e. The molecule has 1 saturated carbocycles. The molecule has 1 heterocycles. The summed E-state index contributed by atoms with van der Waals surface area (Å²) in [5, 5.41) is 0. The predicted molar refractivity (Wildman–Crippen MR) is 77.4 cm³/mol. The SMILES string of the molecule is O=C(N1CCC(CCl)CC1)C1(c2ccccc2)CC1. The van der Waals surface area contributed by atoms with Crippen molar-refractivity contribution in [3.8, 4) is 0 Å². The number of likely N-dealkylation sites (tertiary alicyclic amines) is 1. The predicted octanol–water partition coefficient (Wildman–Crippen LogP) is 3.20. The molecule has 2 aliphatic rings. The van der Waals surface area contributed by atoms with E-state index in [2.05, 4.69) is 17.0 Å². The van der Waals surface area contributed by atoms with Gasteiger partial charge in [0.2, 0.25) is 5.91 Å². The van der Waals surface area contributed by atoms with Gasteiger partial charge in [-0.15, -0.1) is 11.6 Å². The number of nitrogens with zero attached hydrogens (tertiary/aromatic N) is 1. The van der Waals surface area contributed by atoms with Crippen LogP contribution in [0.5, 0.6) is 0 Å². The van der Waals surface area contributed by atoms with Crippen LogP contribution < -0.4 is 0 Å². The highest BCUT2D eigenvalue weighted by Crippen LogP contribution is 2.49. The molecule has 2 fully saturated rings. The molecule has 0 aromatic heterocycles. The van der Waals surface area contributed by atoms with E-state index in [1.807, 2.05) is 18.2 Å². The average Bonchev–Trinajstić information content (AvgIpc) is 3.29. The topological polar surface area (TPSA) is 20.3 Å². The Hall–Kier alpha value is -1.02. The van der Waals surface area contributed by atoms with Gasteiger partial charge >= 0.3 is 0 Å². The number of rotatable bonds is 3. The molecule has 0 unspecified atom stereocenters. The molecule has 0 bridgehead atoms. The molecule has 0 N–H and O–H groups in total. The van der Waals surface area contributed by atoms with E-state index in [1.54, 1.807) is 0 Å². The number of hydrogen-bond acceptors (Lipinski definition) is 1. The highest BCUT2D eigenvalue weighted by molar-refractivity contribution is 6.18. The molecule has 3 heteroatoms. The normalized spacial score (nSPS) is 22.3. The fourth-order valence-electron chi connectivity index (χ4n) is 3.10. The number of carbonyl (C=O) groups excluding carboxylic acids is 1. The first kappa shape index (κ1) is 13.0. The van der Waals surface area contributed by atoms with Crippen molar-refractivity contribution in [3.05, 3.63) is 35.9 Å². The van der Waals surface area contributed by atoms with Gasteiger partial charge in [0.05, 0.1) is 5.41 Å². The first-order valence-electron chi connectivity index (χ1n) is 7.17. The third-order valence-corrected chi connectivity index (χ3v) is 5.04. The summed E-state index contributed by atoms with van der Waals surface area (Å²) in [6, 6.07) is 10.3. The minimum atomic E-state index is -0.199. The lowest BCUT2D eigenvalue weighted by atomic mass is 9.92. The maximum atomic E-state index is 12.8. The van der Waals surface area contributed by atoms with Crippen LogP contribution in [0.25, 0.3) is 0 Å². The first-order chi connectivity index (χ1) is 9.26. The summed E-state index contributed by atoms with van der Waals surface area (Å²) in [6.07, 6.45) is 4.12. The van der Waals surface area contributed by atoms with Gasteiger partial charge in [0.15, 0.2) is 0 Å². The van der Waals surface area contributed by atoms with E-state index in [1.165, 1.54) is 5.56 Å². The second-order valence-electron chi connectivity index (χ2n) is 5.84. The third kappa shape index (κ3) is 2.38. The Kier molecular flexibility index (Phi) is 3.53. The highest BCUT2D eigenvalue weighted by atomic mass is 35.5. The van der Waals surface area contributed by atoms with Gasteiger partial charge in [0.1, 0.15) is 0 Å². The summed E-state index contributed by atoms with van der Waals surface area (Å²) >= 11 is 5.90. The van der Waals surface area contributed by atoms with Gasteiger partial charge < -0.3 is 4.90 Å². The fraction of sp³-hybridized carbons (Fsp3) is 0.562. The molecule has 1 aliphatic carbocycles. The summed E-state index contributed by atoms with van der Waals surface area (Å²) in [7, 11) is 0. The summed E-state index contributed by atoms with van der Waals surface area (Å²) in [6.45, 7) is 1.76. The lowest BCUT2D eigenvalue weighted by Crippen LogP contribution is -2.44. The lowest BCUT2D eigenvalue weighted by Gasteiger charge is -2.34. The van der Waals surface area contributed by atoms with E-state index in [0.29, 0.717) is 11.8 Å². The zero-order valence-electron chi connectivity index (χ0n) is 11.1. The summed E-state index contributed by atoms with van der Waals surface area (Å²) < 4.78 is 0. The van der Waals surface area contributed by atoms with Crippen LogP contribution in [0.2, 0.25) is 0 Å². The van der Waals surface area contributed by atoms with Crippen molar-refractivity contribution in [2.75, 3.05) is 19.0 Å². The molecule has 1 saturated heterocycles. The van der Waals surface area contributed by atoms with Crippen LogP contribution in [-0.4, -0.2) is 29.8 Å². The Bertz CT molecular complexity index is 447. The number of carbonyl (C=O) groups is 1. The summed E-state index contributed by atoms with van der Waals surface area (Å²) in [5.41, 5.74) is 0.995. The van der Waals surface area contributed by atoms with Gasteiger partial charge in [0, 0.05) is 19.0 Å². The Morgan fingerprint density at radius 1 is 1.21 bits per heavy atom. The lowest BCUT2D eigenvalue weighted by molar-refractivity contribution is -0.135. The number of alkyl halides is 1. The summed E-state index contributed by atoms with van der Waals surface area (Å²) in [4.78, 5) is 14.8. The maximum Gasteiger partial charge on any atom is 0.233 e. The van der Waals surface area contributed by atoms with Crippen molar-refractivity contribution in [2.45, 2.75) is 31.1 Å². The maximum absolute atomic E-state index is 12.8. The van der Waals surface area contributed by atoms with Crippen molar-refractivity contribution < 1.29 is 4.79 Å². The van der Waals surface area contributed by atoms with Crippen molar-refractivity contribution in [2.24, 2.45) is 5.92 Å². The fourth-order valence-corrected chi connectivity index (χ4v) is 3.41. The minimum absolute atomic E-state index is 0.199. The quantitative estimate of drug-likeness (QED) is 0.777. The number of piperidine rings is 1. The monoisotopic (exact) mass is 277 g/mol. The van der Waals surface area contributed by atoms with Crippen LogP contribution in [0.15, 0.2) is 30.3 Å². The molecule has 0 spiro atoms. The van der Waals surface area contributed by atoms with E-state index >= 15 is 0 Å². The first-order valence-corrected chi connectivity index (χ1v) is 7.70. The zero-order valence-corrected chi connectivity index (χ0v) is 11.9. The van der Waals surface area contributed by atoms with Crippen molar-refractivity contribution in [3.63, 3.8) is 0 Å². The van der Waals surface area contributed by atoms with Crippen LogP contribution in [0, 0.1) is 5.92 Å². The van der Waals surface area contributed by atoms with Gasteiger partial charge in [-0.05, 0) is 37.2 Å². The van der Waals surface area contributed by atoms with Gasteiger partial charge in [-0.2, -0.15) is 0 Å². The molecular weight excluding hydrogens is 258 g/mol. The molecule has 1 aromatic carbocycles. The zero-order chi connectivity index (χ0) is 13.3. The molecule has 1 amide bonds.